The third kappa shape index (κ3) is 2.82. The zero-order chi connectivity index (χ0) is 12.3. The van der Waals surface area contributed by atoms with E-state index < -0.39 is 0 Å². The molecule has 4 heteroatoms. The third-order valence-corrected chi connectivity index (χ3v) is 3.18. The normalized spacial score (nSPS) is 16.8. The second kappa shape index (κ2) is 5.27. The molecule has 1 saturated heterocycles. The summed E-state index contributed by atoms with van der Waals surface area (Å²) in [7, 11) is 0. The average Bonchev–Trinajstić information content (AvgIpc) is 2.35. The molecule has 0 spiro atoms. The maximum atomic E-state index is 13.6. The molecule has 2 rings (SSSR count). The maximum absolute atomic E-state index is 13.6. The molecule has 0 unspecified atom stereocenters. The highest BCUT2D eigenvalue weighted by Crippen LogP contribution is 2.21. The summed E-state index contributed by atoms with van der Waals surface area (Å²) in [6.07, 6.45) is 1.64. The molecule has 92 valence electrons. The first-order chi connectivity index (χ1) is 8.18. The minimum absolute atomic E-state index is 0.00439. The first-order valence-corrected chi connectivity index (χ1v) is 5.95. The van der Waals surface area contributed by atoms with Crippen LogP contribution in [0.4, 0.5) is 10.1 Å². The fourth-order valence-corrected chi connectivity index (χ4v) is 2.10. The lowest BCUT2D eigenvalue weighted by Crippen LogP contribution is -2.34. The number of nitrogens with one attached hydrogen (secondary N) is 2. The van der Waals surface area contributed by atoms with Crippen molar-refractivity contribution in [1.82, 2.24) is 5.32 Å². The Bertz CT molecular complexity index is 394. The Labute approximate surface area is 100 Å². The Morgan fingerprint density at radius 3 is 2.76 bits per heavy atom. The molecule has 0 aliphatic carbocycles. The van der Waals surface area contributed by atoms with Crippen LogP contribution in [0.5, 0.6) is 0 Å². The van der Waals surface area contributed by atoms with Crippen molar-refractivity contribution >= 4 is 11.6 Å². The molecule has 0 atom stereocenters. The summed E-state index contributed by atoms with van der Waals surface area (Å²) in [5.41, 5.74) is 1.07. The number of para-hydroxylation sites is 1. The number of aryl methyl sites for hydroxylation is 1. The van der Waals surface area contributed by atoms with E-state index in [2.05, 4.69) is 10.6 Å². The molecular weight excluding hydrogens is 219 g/mol. The fourth-order valence-electron chi connectivity index (χ4n) is 2.10. The van der Waals surface area contributed by atoms with Gasteiger partial charge in [-0.25, -0.2) is 4.39 Å². The summed E-state index contributed by atoms with van der Waals surface area (Å²) in [5.74, 6) is -0.442. The highest BCUT2D eigenvalue weighted by Gasteiger charge is 2.22. The number of carbonyl (C=O) groups is 1. The minimum Gasteiger partial charge on any atom is -0.323 e. The van der Waals surface area contributed by atoms with Crippen molar-refractivity contribution in [3.8, 4) is 0 Å². The van der Waals surface area contributed by atoms with E-state index in [1.54, 1.807) is 19.1 Å². The molecule has 1 aromatic carbocycles. The quantitative estimate of drug-likeness (QED) is 0.825. The Morgan fingerprint density at radius 2 is 2.12 bits per heavy atom. The van der Waals surface area contributed by atoms with E-state index in [0.717, 1.165) is 31.5 Å². The number of halogens is 1. The van der Waals surface area contributed by atoms with Gasteiger partial charge < -0.3 is 10.6 Å². The highest BCUT2D eigenvalue weighted by molar-refractivity contribution is 5.93. The monoisotopic (exact) mass is 236 g/mol. The predicted octanol–water partition coefficient (Wildman–Crippen LogP) is 2.07. The summed E-state index contributed by atoms with van der Waals surface area (Å²) in [4.78, 5) is 12.0. The molecule has 0 aromatic heterocycles. The van der Waals surface area contributed by atoms with E-state index in [-0.39, 0.29) is 17.6 Å². The summed E-state index contributed by atoms with van der Waals surface area (Å²) < 4.78 is 13.6. The third-order valence-electron chi connectivity index (χ3n) is 3.18. The van der Waals surface area contributed by atoms with Crippen molar-refractivity contribution in [2.75, 3.05) is 18.4 Å². The van der Waals surface area contributed by atoms with Gasteiger partial charge in [-0.05, 0) is 44.5 Å². The minimum atomic E-state index is -0.368. The molecule has 0 bridgehead atoms. The van der Waals surface area contributed by atoms with E-state index in [1.807, 2.05) is 0 Å². The Hall–Kier alpha value is -1.42. The van der Waals surface area contributed by atoms with Crippen LogP contribution in [-0.2, 0) is 4.79 Å². The number of amides is 1. The molecule has 1 heterocycles. The zero-order valence-corrected chi connectivity index (χ0v) is 9.92. The van der Waals surface area contributed by atoms with Gasteiger partial charge in [0.2, 0.25) is 5.91 Å². The van der Waals surface area contributed by atoms with Crippen LogP contribution in [0.1, 0.15) is 18.4 Å². The lowest BCUT2D eigenvalue weighted by Gasteiger charge is -2.22. The summed E-state index contributed by atoms with van der Waals surface area (Å²) >= 11 is 0. The van der Waals surface area contributed by atoms with Gasteiger partial charge in [-0.3, -0.25) is 4.79 Å². The number of benzene rings is 1. The first-order valence-electron chi connectivity index (χ1n) is 5.95. The molecule has 0 radical (unpaired) electrons. The smallest absolute Gasteiger partial charge is 0.227 e. The molecule has 0 saturated carbocycles. The Morgan fingerprint density at radius 1 is 1.41 bits per heavy atom. The molecule has 1 aliphatic heterocycles. The molecular formula is C13H17FN2O. The van der Waals surface area contributed by atoms with Crippen LogP contribution in [0.25, 0.3) is 0 Å². The fraction of sp³-hybridized carbons (Fsp3) is 0.462. The number of piperidine rings is 1. The van der Waals surface area contributed by atoms with Crippen molar-refractivity contribution in [2.45, 2.75) is 19.8 Å². The van der Waals surface area contributed by atoms with Gasteiger partial charge in [0.15, 0.2) is 0 Å². The van der Waals surface area contributed by atoms with Crippen LogP contribution < -0.4 is 10.6 Å². The van der Waals surface area contributed by atoms with E-state index in [4.69, 9.17) is 0 Å². The molecule has 3 nitrogen and oxygen atoms in total. The average molecular weight is 236 g/mol. The summed E-state index contributed by atoms with van der Waals surface area (Å²) in [6, 6.07) is 4.80. The first kappa shape index (κ1) is 12.0. The predicted molar refractivity (Wildman–Crippen MR) is 65.4 cm³/mol. The van der Waals surface area contributed by atoms with Crippen LogP contribution in [0, 0.1) is 18.7 Å². The number of anilines is 1. The maximum Gasteiger partial charge on any atom is 0.227 e. The largest absolute Gasteiger partial charge is 0.323 e. The van der Waals surface area contributed by atoms with Gasteiger partial charge in [-0.15, -0.1) is 0 Å². The van der Waals surface area contributed by atoms with Crippen molar-refractivity contribution in [2.24, 2.45) is 5.92 Å². The van der Waals surface area contributed by atoms with Crippen molar-refractivity contribution in [1.29, 1.82) is 0 Å². The molecule has 1 aromatic rings. The van der Waals surface area contributed by atoms with Crippen LogP contribution in [0.3, 0.4) is 0 Å². The van der Waals surface area contributed by atoms with Gasteiger partial charge in [-0.1, -0.05) is 12.1 Å². The van der Waals surface area contributed by atoms with Crippen molar-refractivity contribution < 1.29 is 9.18 Å². The summed E-state index contributed by atoms with van der Waals surface area (Å²) in [6.45, 7) is 3.50. The summed E-state index contributed by atoms with van der Waals surface area (Å²) in [5, 5.41) is 5.91. The molecule has 1 aliphatic rings. The Kier molecular flexibility index (Phi) is 3.74. The highest BCUT2D eigenvalue weighted by atomic mass is 19.1. The van der Waals surface area contributed by atoms with E-state index in [9.17, 15) is 9.18 Å². The van der Waals surface area contributed by atoms with Crippen LogP contribution in [0.2, 0.25) is 0 Å². The Balaban J connectivity index is 2.07. The van der Waals surface area contributed by atoms with Crippen LogP contribution >= 0.6 is 0 Å². The van der Waals surface area contributed by atoms with Crippen molar-refractivity contribution in [3.63, 3.8) is 0 Å². The lowest BCUT2D eigenvalue weighted by atomic mass is 9.97. The topological polar surface area (TPSA) is 41.1 Å². The van der Waals surface area contributed by atoms with Gasteiger partial charge in [0.05, 0.1) is 5.69 Å². The number of carbonyl (C=O) groups excluding carboxylic acids is 1. The second-order valence-electron chi connectivity index (χ2n) is 4.45. The standard InChI is InChI=1S/C13H17FN2O/c1-9-3-2-4-11(14)12(9)16-13(17)10-5-7-15-8-6-10/h2-4,10,15H,5-8H2,1H3,(H,16,17). The van der Waals surface area contributed by atoms with Gasteiger partial charge in [0.25, 0.3) is 0 Å². The van der Waals surface area contributed by atoms with Gasteiger partial charge >= 0.3 is 0 Å². The molecule has 2 N–H and O–H groups in total. The molecule has 17 heavy (non-hydrogen) atoms. The van der Waals surface area contributed by atoms with Crippen LogP contribution in [-0.4, -0.2) is 19.0 Å². The number of rotatable bonds is 2. The van der Waals surface area contributed by atoms with E-state index >= 15 is 0 Å². The lowest BCUT2D eigenvalue weighted by molar-refractivity contribution is -0.120. The van der Waals surface area contributed by atoms with Crippen molar-refractivity contribution in [3.05, 3.63) is 29.6 Å². The number of hydrogen-bond donors (Lipinski definition) is 2. The second-order valence-corrected chi connectivity index (χ2v) is 4.45. The number of hydrogen-bond acceptors (Lipinski definition) is 2. The SMILES string of the molecule is Cc1cccc(F)c1NC(=O)C1CCNCC1. The van der Waals surface area contributed by atoms with Gasteiger partial charge in [0.1, 0.15) is 5.82 Å². The van der Waals surface area contributed by atoms with E-state index in [1.165, 1.54) is 6.07 Å². The van der Waals surface area contributed by atoms with E-state index in [0.29, 0.717) is 5.69 Å². The zero-order valence-electron chi connectivity index (χ0n) is 9.92. The molecule has 1 amide bonds. The van der Waals surface area contributed by atoms with Gasteiger partial charge in [0, 0.05) is 5.92 Å². The van der Waals surface area contributed by atoms with Crippen LogP contribution in [0.15, 0.2) is 18.2 Å². The molecule has 1 fully saturated rings. The van der Waals surface area contributed by atoms with Gasteiger partial charge in [-0.2, -0.15) is 0 Å².